The van der Waals surface area contributed by atoms with Crippen molar-refractivity contribution in [1.82, 2.24) is 0 Å². The normalized spacial score (nSPS) is 18.4. The summed E-state index contributed by atoms with van der Waals surface area (Å²) in [5, 5.41) is 21.5. The van der Waals surface area contributed by atoms with E-state index in [1.807, 2.05) is 6.92 Å². The maximum Gasteiger partial charge on any atom is 0.192 e. The molecule has 0 rings (SSSR count). The first kappa shape index (κ1) is 29.3. The lowest BCUT2D eigenvalue weighted by Crippen LogP contribution is -2.43. The highest BCUT2D eigenvalue weighted by atomic mass is 28.4. The molecular weight excluding hydrogens is 396 g/mol. The lowest BCUT2D eigenvalue weighted by atomic mass is 9.94. The van der Waals surface area contributed by atoms with E-state index in [1.54, 1.807) is 0 Å². The van der Waals surface area contributed by atoms with Crippen LogP contribution in [-0.4, -0.2) is 51.3 Å². The van der Waals surface area contributed by atoms with Gasteiger partial charge in [0.2, 0.25) is 0 Å². The molecule has 4 nitrogen and oxygen atoms in total. The van der Waals surface area contributed by atoms with Crippen LogP contribution >= 0.6 is 0 Å². The summed E-state index contributed by atoms with van der Waals surface area (Å²) in [5.74, 6) is 0. The molecule has 0 saturated heterocycles. The van der Waals surface area contributed by atoms with Gasteiger partial charge in [-0.15, -0.1) is 0 Å². The molecule has 3 atom stereocenters. The number of aliphatic hydroxyl groups excluding tert-OH is 1. The second-order valence-electron chi connectivity index (χ2n) is 12.3. The maximum absolute atomic E-state index is 10.7. The van der Waals surface area contributed by atoms with Crippen LogP contribution in [0, 0.1) is 0 Å². The zero-order chi connectivity index (χ0) is 23.3. The van der Waals surface area contributed by atoms with Crippen LogP contribution in [0.1, 0.15) is 87.5 Å². The summed E-state index contributed by atoms with van der Waals surface area (Å²) >= 11 is 0. The van der Waals surface area contributed by atoms with Crippen molar-refractivity contribution in [3.05, 3.63) is 0 Å². The van der Waals surface area contributed by atoms with Gasteiger partial charge in [-0.25, -0.2) is 0 Å². The van der Waals surface area contributed by atoms with Crippen molar-refractivity contribution < 1.29 is 19.1 Å². The highest BCUT2D eigenvalue weighted by Gasteiger charge is 2.39. The number of hydrogen-bond donors (Lipinski definition) is 2. The lowest BCUT2D eigenvalue weighted by Gasteiger charge is -2.39. The Balaban J connectivity index is 4.29. The highest BCUT2D eigenvalue weighted by Crippen LogP contribution is 2.38. The predicted molar refractivity (Wildman–Crippen MR) is 131 cm³/mol. The van der Waals surface area contributed by atoms with Gasteiger partial charge in [0.25, 0.3) is 0 Å². The largest absolute Gasteiger partial charge is 0.417 e. The van der Waals surface area contributed by atoms with E-state index in [-0.39, 0.29) is 22.3 Å². The van der Waals surface area contributed by atoms with Gasteiger partial charge in [-0.05, 0) is 82.2 Å². The van der Waals surface area contributed by atoms with E-state index >= 15 is 0 Å². The van der Waals surface area contributed by atoms with Crippen molar-refractivity contribution in [3.8, 4) is 0 Å². The van der Waals surface area contributed by atoms with E-state index in [4.69, 9.17) is 8.85 Å². The van der Waals surface area contributed by atoms with Crippen LogP contribution in [0.2, 0.25) is 36.3 Å². The monoisotopic (exact) mass is 448 g/mol. The first-order valence-electron chi connectivity index (χ1n) is 11.4. The summed E-state index contributed by atoms with van der Waals surface area (Å²) in [4.78, 5) is 0. The first-order chi connectivity index (χ1) is 12.7. The number of hydrogen-bond acceptors (Lipinski definition) is 4. The summed E-state index contributed by atoms with van der Waals surface area (Å²) in [7, 11) is -3.57. The highest BCUT2D eigenvalue weighted by molar-refractivity contribution is 6.74. The average Bonchev–Trinajstić information content (AvgIpc) is 2.42. The molecular formula is C23H52O4Si2. The zero-order valence-electron chi connectivity index (χ0n) is 21.6. The molecule has 0 spiro atoms. The van der Waals surface area contributed by atoms with Crippen molar-refractivity contribution in [2.24, 2.45) is 0 Å². The smallest absolute Gasteiger partial charge is 0.192 e. The number of rotatable bonds is 12. The Morgan fingerprint density at radius 1 is 0.828 bits per heavy atom. The second-order valence-corrected chi connectivity index (χ2v) is 21.9. The molecule has 0 aromatic heterocycles. The van der Waals surface area contributed by atoms with E-state index in [2.05, 4.69) is 74.7 Å². The SMILES string of the molecule is C[C@H](C[C@@H](O)CCC[C@@](C)(O)CCO[Si](C)(C)C(C)(C)C)O[Si](C)(C)C(C)(C)C. The summed E-state index contributed by atoms with van der Waals surface area (Å²) < 4.78 is 12.5. The van der Waals surface area contributed by atoms with Crippen LogP contribution in [0.25, 0.3) is 0 Å². The van der Waals surface area contributed by atoms with Gasteiger partial charge < -0.3 is 19.1 Å². The molecule has 0 saturated carbocycles. The molecule has 0 amide bonds. The number of aliphatic hydroxyl groups is 2. The van der Waals surface area contributed by atoms with Crippen molar-refractivity contribution >= 4 is 16.6 Å². The van der Waals surface area contributed by atoms with Crippen LogP contribution in [0.3, 0.4) is 0 Å². The third kappa shape index (κ3) is 10.9. The van der Waals surface area contributed by atoms with Crippen LogP contribution in [0.4, 0.5) is 0 Å². The molecule has 0 unspecified atom stereocenters. The minimum atomic E-state index is -1.80. The Hall–Kier alpha value is 0.274. The van der Waals surface area contributed by atoms with Gasteiger partial charge in [0.15, 0.2) is 16.6 Å². The minimum absolute atomic E-state index is 0.0596. The zero-order valence-corrected chi connectivity index (χ0v) is 23.6. The minimum Gasteiger partial charge on any atom is -0.417 e. The molecule has 0 radical (unpaired) electrons. The fourth-order valence-corrected chi connectivity index (χ4v) is 5.32. The molecule has 0 bridgehead atoms. The molecule has 0 fully saturated rings. The van der Waals surface area contributed by atoms with Crippen molar-refractivity contribution in [2.75, 3.05) is 6.61 Å². The van der Waals surface area contributed by atoms with Crippen molar-refractivity contribution in [2.45, 2.75) is 142 Å². The second kappa shape index (κ2) is 10.7. The molecule has 0 aliphatic carbocycles. The Labute approximate surface area is 184 Å². The van der Waals surface area contributed by atoms with Gasteiger partial charge in [0, 0.05) is 12.7 Å². The summed E-state index contributed by atoms with van der Waals surface area (Å²) in [5.41, 5.74) is -0.745. The molecule has 0 aliphatic heterocycles. The fourth-order valence-electron chi connectivity index (χ4n) is 2.81. The van der Waals surface area contributed by atoms with E-state index in [9.17, 15) is 10.2 Å². The average molecular weight is 449 g/mol. The van der Waals surface area contributed by atoms with Crippen LogP contribution in [-0.2, 0) is 8.85 Å². The van der Waals surface area contributed by atoms with E-state index in [0.29, 0.717) is 32.3 Å². The fraction of sp³-hybridized carbons (Fsp3) is 1.00. The van der Waals surface area contributed by atoms with Crippen molar-refractivity contribution in [3.63, 3.8) is 0 Å². The van der Waals surface area contributed by atoms with E-state index in [1.165, 1.54) is 0 Å². The summed E-state index contributed by atoms with van der Waals surface area (Å²) in [6.45, 7) is 26.9. The van der Waals surface area contributed by atoms with Crippen LogP contribution in [0.5, 0.6) is 0 Å². The Kier molecular flexibility index (Phi) is 10.8. The van der Waals surface area contributed by atoms with Crippen molar-refractivity contribution in [1.29, 1.82) is 0 Å². The molecule has 29 heavy (non-hydrogen) atoms. The van der Waals surface area contributed by atoms with Gasteiger partial charge >= 0.3 is 0 Å². The van der Waals surface area contributed by atoms with Gasteiger partial charge in [0.1, 0.15) is 0 Å². The Bertz CT molecular complexity index is 476. The topological polar surface area (TPSA) is 58.9 Å². The van der Waals surface area contributed by atoms with E-state index < -0.39 is 22.2 Å². The molecule has 0 aromatic carbocycles. The molecule has 0 aliphatic rings. The van der Waals surface area contributed by atoms with Crippen LogP contribution in [0.15, 0.2) is 0 Å². The molecule has 0 aromatic rings. The van der Waals surface area contributed by atoms with Gasteiger partial charge in [-0.3, -0.25) is 0 Å². The quantitative estimate of drug-likeness (QED) is 0.335. The Morgan fingerprint density at radius 2 is 1.31 bits per heavy atom. The first-order valence-corrected chi connectivity index (χ1v) is 17.2. The summed E-state index contributed by atoms with van der Waals surface area (Å²) in [6.07, 6.45) is 3.16. The molecule has 0 heterocycles. The standard InChI is InChI=1S/C23H52O4Si2/c1-19(27-29(11,12)22(5,6)7)18-20(24)14-13-15-23(8,25)16-17-26-28(9,10)21(2,3)4/h19-20,24-25H,13-18H2,1-12H3/t19-,20+,23-/m1/s1. The third-order valence-corrected chi connectivity index (χ3v) is 16.2. The summed E-state index contributed by atoms with van der Waals surface area (Å²) in [6, 6.07) is 0. The molecule has 2 N–H and O–H groups in total. The third-order valence-electron chi connectivity index (χ3n) is 7.07. The van der Waals surface area contributed by atoms with E-state index in [0.717, 1.165) is 6.42 Å². The van der Waals surface area contributed by atoms with Gasteiger partial charge in [-0.2, -0.15) is 0 Å². The maximum atomic E-state index is 10.7. The Morgan fingerprint density at radius 3 is 1.76 bits per heavy atom. The van der Waals surface area contributed by atoms with Gasteiger partial charge in [0.05, 0.1) is 11.7 Å². The molecule has 6 heteroatoms. The molecule has 176 valence electrons. The van der Waals surface area contributed by atoms with Crippen LogP contribution < -0.4 is 0 Å². The van der Waals surface area contributed by atoms with Gasteiger partial charge in [-0.1, -0.05) is 41.5 Å². The predicted octanol–water partition coefficient (Wildman–Crippen LogP) is 6.48. The lowest BCUT2D eigenvalue weighted by molar-refractivity contribution is 0.0194.